The van der Waals surface area contributed by atoms with Gasteiger partial charge in [0.2, 0.25) is 0 Å². The summed E-state index contributed by atoms with van der Waals surface area (Å²) in [5, 5.41) is 2.97. The normalized spacial score (nSPS) is 24.7. The number of nitrogens with one attached hydrogen (secondary N) is 1. The van der Waals surface area contributed by atoms with Gasteiger partial charge in [-0.3, -0.25) is 0 Å². The van der Waals surface area contributed by atoms with Crippen molar-refractivity contribution in [2.24, 2.45) is 5.92 Å². The molecular formula is C22H23F3N2O2. The SMILES string of the molecule is O=C(NC1CN2CCC1CC2)OC(c1ccccc1)c1ccc(C(F)(F)F)cc1. The number of hydrogen-bond donors (Lipinski definition) is 1. The van der Waals surface area contributed by atoms with E-state index >= 15 is 0 Å². The van der Waals surface area contributed by atoms with Crippen LogP contribution < -0.4 is 5.32 Å². The van der Waals surface area contributed by atoms with Crippen LogP contribution in [-0.2, 0) is 10.9 Å². The molecule has 5 rings (SSSR count). The number of carbonyl (C=O) groups is 1. The highest BCUT2D eigenvalue weighted by Gasteiger charge is 2.36. The number of nitrogens with zero attached hydrogens (tertiary/aromatic N) is 1. The molecule has 2 aromatic rings. The number of carbonyl (C=O) groups excluding carboxylic acids is 1. The third kappa shape index (κ3) is 4.56. The van der Waals surface area contributed by atoms with Crippen molar-refractivity contribution in [2.75, 3.05) is 19.6 Å². The van der Waals surface area contributed by atoms with E-state index in [-0.39, 0.29) is 6.04 Å². The standard InChI is InChI=1S/C22H23F3N2O2/c23-22(24,25)18-8-6-17(7-9-18)20(16-4-2-1-3-5-16)29-21(28)26-19-14-27-12-10-15(19)11-13-27/h1-9,15,19-20H,10-14H2,(H,26,28). The van der Waals surface area contributed by atoms with E-state index in [9.17, 15) is 18.0 Å². The van der Waals surface area contributed by atoms with Gasteiger partial charge < -0.3 is 15.0 Å². The Morgan fingerprint density at radius 2 is 1.62 bits per heavy atom. The maximum Gasteiger partial charge on any atom is 0.416 e. The van der Waals surface area contributed by atoms with Crippen LogP contribution >= 0.6 is 0 Å². The summed E-state index contributed by atoms with van der Waals surface area (Å²) >= 11 is 0. The zero-order valence-electron chi connectivity index (χ0n) is 15.9. The molecule has 3 aliphatic heterocycles. The van der Waals surface area contributed by atoms with Crippen molar-refractivity contribution in [2.45, 2.75) is 31.2 Å². The second-order valence-electron chi connectivity index (χ2n) is 7.70. The van der Waals surface area contributed by atoms with Gasteiger partial charge in [0.1, 0.15) is 0 Å². The van der Waals surface area contributed by atoms with Crippen LogP contribution in [0.2, 0.25) is 0 Å². The lowest BCUT2D eigenvalue weighted by atomic mass is 9.84. The maximum absolute atomic E-state index is 12.9. The van der Waals surface area contributed by atoms with Crippen LogP contribution in [0, 0.1) is 5.92 Å². The molecule has 2 unspecified atom stereocenters. The number of alkyl halides is 3. The molecule has 1 amide bonds. The highest BCUT2D eigenvalue weighted by Crippen LogP contribution is 2.33. The fraction of sp³-hybridized carbons (Fsp3) is 0.409. The number of ether oxygens (including phenoxy) is 1. The number of fused-ring (bicyclic) bond motifs is 3. The van der Waals surface area contributed by atoms with Gasteiger partial charge in [-0.15, -0.1) is 0 Å². The fourth-order valence-corrected chi connectivity index (χ4v) is 4.22. The van der Waals surface area contributed by atoms with Gasteiger partial charge in [0.15, 0.2) is 6.10 Å². The molecule has 4 nitrogen and oxygen atoms in total. The van der Waals surface area contributed by atoms with E-state index < -0.39 is 23.9 Å². The Morgan fingerprint density at radius 3 is 2.17 bits per heavy atom. The summed E-state index contributed by atoms with van der Waals surface area (Å²) in [4.78, 5) is 15.0. The molecule has 0 saturated carbocycles. The molecule has 0 radical (unpaired) electrons. The summed E-state index contributed by atoms with van der Waals surface area (Å²) < 4.78 is 44.4. The number of piperidine rings is 3. The first-order valence-corrected chi connectivity index (χ1v) is 9.82. The smallest absolute Gasteiger partial charge is 0.416 e. The van der Waals surface area contributed by atoms with Crippen molar-refractivity contribution >= 4 is 6.09 Å². The summed E-state index contributed by atoms with van der Waals surface area (Å²) in [6.07, 6.45) is -3.61. The molecule has 3 fully saturated rings. The summed E-state index contributed by atoms with van der Waals surface area (Å²) in [5.74, 6) is 0.453. The Bertz CT molecular complexity index is 831. The first kappa shape index (κ1) is 19.8. The average molecular weight is 404 g/mol. The highest BCUT2D eigenvalue weighted by molar-refractivity contribution is 5.68. The molecule has 1 N–H and O–H groups in total. The number of hydrogen-bond acceptors (Lipinski definition) is 3. The van der Waals surface area contributed by atoms with Crippen LogP contribution in [0.4, 0.5) is 18.0 Å². The van der Waals surface area contributed by atoms with Gasteiger partial charge >= 0.3 is 12.3 Å². The van der Waals surface area contributed by atoms with E-state index in [0.717, 1.165) is 44.6 Å². The fourth-order valence-electron chi connectivity index (χ4n) is 4.22. The Hall–Kier alpha value is -2.54. The first-order chi connectivity index (χ1) is 13.9. The van der Waals surface area contributed by atoms with Crippen LogP contribution in [-0.4, -0.2) is 36.7 Å². The van der Waals surface area contributed by atoms with Gasteiger partial charge in [-0.05, 0) is 55.1 Å². The molecule has 7 heteroatoms. The minimum Gasteiger partial charge on any atom is -0.436 e. The van der Waals surface area contributed by atoms with Crippen molar-refractivity contribution in [3.05, 3.63) is 71.3 Å². The quantitative estimate of drug-likeness (QED) is 0.809. The number of alkyl carbamates (subject to hydrolysis) is 1. The van der Waals surface area contributed by atoms with E-state index in [1.165, 1.54) is 12.1 Å². The maximum atomic E-state index is 12.9. The molecule has 154 valence electrons. The topological polar surface area (TPSA) is 41.6 Å². The number of benzene rings is 2. The second kappa shape index (κ2) is 8.06. The van der Waals surface area contributed by atoms with Gasteiger partial charge in [0.25, 0.3) is 0 Å². The first-order valence-electron chi connectivity index (χ1n) is 9.82. The molecule has 0 aromatic heterocycles. The monoisotopic (exact) mass is 404 g/mol. The van der Waals surface area contributed by atoms with E-state index in [0.29, 0.717) is 17.0 Å². The predicted molar refractivity (Wildman–Crippen MR) is 102 cm³/mol. The third-order valence-corrected chi connectivity index (χ3v) is 5.83. The van der Waals surface area contributed by atoms with Crippen LogP contribution in [0.5, 0.6) is 0 Å². The largest absolute Gasteiger partial charge is 0.436 e. The molecule has 3 saturated heterocycles. The van der Waals surface area contributed by atoms with Gasteiger partial charge in [0, 0.05) is 12.6 Å². The lowest BCUT2D eigenvalue weighted by molar-refractivity contribution is -0.137. The molecular weight excluding hydrogens is 381 g/mol. The van der Waals surface area contributed by atoms with Gasteiger partial charge in [0.05, 0.1) is 5.56 Å². The third-order valence-electron chi connectivity index (χ3n) is 5.83. The van der Waals surface area contributed by atoms with Crippen molar-refractivity contribution in [3.63, 3.8) is 0 Å². The van der Waals surface area contributed by atoms with Crippen molar-refractivity contribution in [1.29, 1.82) is 0 Å². The number of amides is 1. The van der Waals surface area contributed by atoms with Gasteiger partial charge in [-0.25, -0.2) is 4.79 Å². The second-order valence-corrected chi connectivity index (χ2v) is 7.70. The molecule has 29 heavy (non-hydrogen) atoms. The van der Waals surface area contributed by atoms with Crippen LogP contribution in [0.1, 0.15) is 35.6 Å². The number of rotatable bonds is 4. The molecule has 2 bridgehead atoms. The summed E-state index contributed by atoms with van der Waals surface area (Å²) in [7, 11) is 0. The molecule has 2 atom stereocenters. The Balaban J connectivity index is 1.51. The van der Waals surface area contributed by atoms with E-state index in [1.54, 1.807) is 24.3 Å². The van der Waals surface area contributed by atoms with Crippen molar-refractivity contribution in [3.8, 4) is 0 Å². The Labute approximate surface area is 167 Å². The van der Waals surface area contributed by atoms with Crippen molar-refractivity contribution < 1.29 is 22.7 Å². The van der Waals surface area contributed by atoms with E-state index in [1.807, 2.05) is 6.07 Å². The van der Waals surface area contributed by atoms with E-state index in [4.69, 9.17) is 4.74 Å². The summed E-state index contributed by atoms with van der Waals surface area (Å²) in [6.45, 7) is 2.95. The molecule has 3 aliphatic rings. The average Bonchev–Trinajstić information content (AvgIpc) is 2.73. The predicted octanol–water partition coefficient (Wildman–Crippen LogP) is 4.62. The van der Waals surface area contributed by atoms with Gasteiger partial charge in [-0.1, -0.05) is 42.5 Å². The van der Waals surface area contributed by atoms with Crippen molar-refractivity contribution in [1.82, 2.24) is 10.2 Å². The minimum atomic E-state index is -4.41. The lowest BCUT2D eigenvalue weighted by Gasteiger charge is -2.44. The van der Waals surface area contributed by atoms with Gasteiger partial charge in [-0.2, -0.15) is 13.2 Å². The molecule has 2 aromatic carbocycles. The lowest BCUT2D eigenvalue weighted by Crippen LogP contribution is -2.57. The zero-order chi connectivity index (χ0) is 20.4. The van der Waals surface area contributed by atoms with Crippen LogP contribution in [0.3, 0.4) is 0 Å². The Kier molecular flexibility index (Phi) is 5.50. The molecule has 3 heterocycles. The molecule has 0 spiro atoms. The van der Waals surface area contributed by atoms with E-state index in [2.05, 4.69) is 10.2 Å². The zero-order valence-corrected chi connectivity index (χ0v) is 15.9. The highest BCUT2D eigenvalue weighted by atomic mass is 19.4. The van der Waals surface area contributed by atoms with Crippen LogP contribution in [0.15, 0.2) is 54.6 Å². The summed E-state index contributed by atoms with van der Waals surface area (Å²) in [6, 6.07) is 13.8. The minimum absolute atomic E-state index is 0.0500. The Morgan fingerprint density at radius 1 is 1.00 bits per heavy atom. The number of halogens is 3. The summed E-state index contributed by atoms with van der Waals surface area (Å²) in [5.41, 5.74) is 0.467. The molecule has 0 aliphatic carbocycles. The van der Waals surface area contributed by atoms with Crippen LogP contribution in [0.25, 0.3) is 0 Å².